The van der Waals surface area contributed by atoms with E-state index in [0.29, 0.717) is 22.5 Å². The van der Waals surface area contributed by atoms with Crippen LogP contribution in [0.15, 0.2) is 18.2 Å². The van der Waals surface area contributed by atoms with Gasteiger partial charge in [-0.05, 0) is 36.8 Å². The van der Waals surface area contributed by atoms with Gasteiger partial charge in [-0.15, -0.1) is 0 Å². The number of hydrogen-bond donors (Lipinski definition) is 1. The van der Waals surface area contributed by atoms with E-state index in [0.717, 1.165) is 19.3 Å². The van der Waals surface area contributed by atoms with Crippen LogP contribution in [0.5, 0.6) is 11.5 Å². The van der Waals surface area contributed by atoms with E-state index >= 15 is 0 Å². The Bertz CT molecular complexity index is 496. The highest BCUT2D eigenvalue weighted by molar-refractivity contribution is 5.98. The average Bonchev–Trinajstić information content (AvgIpc) is 2.76. The van der Waals surface area contributed by atoms with Gasteiger partial charge in [0.1, 0.15) is 0 Å². The largest absolute Gasteiger partial charge is 0.493 e. The van der Waals surface area contributed by atoms with E-state index in [1.165, 1.54) is 0 Å². The predicted octanol–water partition coefficient (Wildman–Crippen LogP) is 3.01. The Hall–Kier alpha value is -1.71. The zero-order valence-electron chi connectivity index (χ0n) is 12.7. The number of benzene rings is 1. The minimum Gasteiger partial charge on any atom is -0.493 e. The maximum Gasteiger partial charge on any atom is 0.255 e. The molecule has 1 amide bonds. The fourth-order valence-electron chi connectivity index (χ4n) is 2.89. The van der Waals surface area contributed by atoms with Crippen LogP contribution in [0.1, 0.15) is 43.5 Å². The number of hydrogen-bond acceptors (Lipinski definition) is 3. The fourth-order valence-corrected chi connectivity index (χ4v) is 2.89. The summed E-state index contributed by atoms with van der Waals surface area (Å²) >= 11 is 0. The minimum absolute atomic E-state index is 0.0940. The van der Waals surface area contributed by atoms with Crippen molar-refractivity contribution >= 4 is 5.91 Å². The van der Waals surface area contributed by atoms with Crippen LogP contribution >= 0.6 is 0 Å². The molecule has 0 radical (unpaired) electrons. The quantitative estimate of drug-likeness (QED) is 0.920. The Morgan fingerprint density at radius 3 is 2.60 bits per heavy atom. The number of ether oxygens (including phenoxy) is 2. The lowest BCUT2D eigenvalue weighted by atomic mass is 9.92. The van der Waals surface area contributed by atoms with Gasteiger partial charge in [-0.25, -0.2) is 0 Å². The van der Waals surface area contributed by atoms with Gasteiger partial charge >= 0.3 is 0 Å². The normalized spacial score (nSPS) is 20.5. The van der Waals surface area contributed by atoms with Crippen molar-refractivity contribution in [1.29, 1.82) is 0 Å². The highest BCUT2D eigenvalue weighted by atomic mass is 16.5. The highest BCUT2D eigenvalue weighted by Gasteiger charge is 2.32. The van der Waals surface area contributed by atoms with Crippen molar-refractivity contribution in [3.8, 4) is 11.5 Å². The molecule has 1 saturated carbocycles. The molecule has 0 heterocycles. The third-order valence-electron chi connectivity index (χ3n) is 3.95. The first kappa shape index (κ1) is 14.7. The third-order valence-corrected chi connectivity index (χ3v) is 3.95. The van der Waals surface area contributed by atoms with Gasteiger partial charge in [0.2, 0.25) is 0 Å². The lowest BCUT2D eigenvalue weighted by Crippen LogP contribution is -2.33. The fraction of sp³-hybridized carbons (Fsp3) is 0.562. The number of rotatable bonds is 4. The van der Waals surface area contributed by atoms with Crippen molar-refractivity contribution in [2.45, 2.75) is 39.2 Å². The SMILES string of the molecule is COc1cccc(C(=O)NC2CCC(C)(C)C2)c1OC. The molecule has 1 aromatic carbocycles. The van der Waals surface area contributed by atoms with Crippen molar-refractivity contribution in [3.63, 3.8) is 0 Å². The second kappa shape index (κ2) is 5.73. The summed E-state index contributed by atoms with van der Waals surface area (Å²) in [6.07, 6.45) is 3.20. The Balaban J connectivity index is 2.14. The monoisotopic (exact) mass is 277 g/mol. The first-order valence-corrected chi connectivity index (χ1v) is 6.99. The number of carbonyl (C=O) groups is 1. The lowest BCUT2D eigenvalue weighted by molar-refractivity contribution is 0.0932. The van der Waals surface area contributed by atoms with Gasteiger partial charge in [0.25, 0.3) is 5.91 Å². The predicted molar refractivity (Wildman–Crippen MR) is 78.4 cm³/mol. The molecule has 0 aliphatic heterocycles. The van der Waals surface area contributed by atoms with Gasteiger partial charge in [-0.3, -0.25) is 4.79 Å². The van der Waals surface area contributed by atoms with E-state index < -0.39 is 0 Å². The van der Waals surface area contributed by atoms with Gasteiger partial charge in [-0.2, -0.15) is 0 Å². The third kappa shape index (κ3) is 3.06. The summed E-state index contributed by atoms with van der Waals surface area (Å²) in [6.45, 7) is 4.48. The summed E-state index contributed by atoms with van der Waals surface area (Å²) in [5.74, 6) is 0.972. The van der Waals surface area contributed by atoms with Crippen molar-refractivity contribution in [2.75, 3.05) is 14.2 Å². The van der Waals surface area contributed by atoms with Gasteiger partial charge in [0.05, 0.1) is 19.8 Å². The van der Waals surface area contributed by atoms with Gasteiger partial charge < -0.3 is 14.8 Å². The van der Waals surface area contributed by atoms with Crippen molar-refractivity contribution < 1.29 is 14.3 Å². The highest BCUT2D eigenvalue weighted by Crippen LogP contribution is 2.37. The number of carbonyl (C=O) groups excluding carboxylic acids is 1. The molecule has 1 atom stereocenters. The van der Waals surface area contributed by atoms with Crippen LogP contribution < -0.4 is 14.8 Å². The van der Waals surface area contributed by atoms with E-state index in [9.17, 15) is 4.79 Å². The second-order valence-electron chi connectivity index (χ2n) is 6.12. The second-order valence-corrected chi connectivity index (χ2v) is 6.12. The molecule has 1 aliphatic rings. The molecule has 1 aliphatic carbocycles. The standard InChI is InChI=1S/C16H23NO3/c1-16(2)9-8-11(10-16)17-15(18)12-6-5-7-13(19-3)14(12)20-4/h5-7,11H,8-10H2,1-4H3,(H,17,18). The molecule has 2 rings (SSSR count). The van der Waals surface area contributed by atoms with Gasteiger partial charge in [-0.1, -0.05) is 19.9 Å². The van der Waals surface area contributed by atoms with E-state index in [-0.39, 0.29) is 11.9 Å². The number of para-hydroxylation sites is 1. The topological polar surface area (TPSA) is 47.6 Å². The molecule has 0 aromatic heterocycles. The van der Waals surface area contributed by atoms with Crippen molar-refractivity contribution in [3.05, 3.63) is 23.8 Å². The summed E-state index contributed by atoms with van der Waals surface area (Å²) < 4.78 is 10.5. The molecule has 0 spiro atoms. The summed E-state index contributed by atoms with van der Waals surface area (Å²) in [5.41, 5.74) is 0.840. The van der Waals surface area contributed by atoms with E-state index in [4.69, 9.17) is 9.47 Å². The lowest BCUT2D eigenvalue weighted by Gasteiger charge is -2.18. The molecule has 1 unspecified atom stereocenters. The molecule has 0 saturated heterocycles. The smallest absolute Gasteiger partial charge is 0.255 e. The Morgan fingerprint density at radius 2 is 2.05 bits per heavy atom. The van der Waals surface area contributed by atoms with E-state index in [1.54, 1.807) is 32.4 Å². The Labute approximate surface area is 120 Å². The molecule has 4 nitrogen and oxygen atoms in total. The van der Waals surface area contributed by atoms with Gasteiger partial charge in [0, 0.05) is 6.04 Å². The molecule has 1 aromatic rings. The molecule has 1 fully saturated rings. The molecular weight excluding hydrogens is 254 g/mol. The molecule has 0 bridgehead atoms. The first-order chi connectivity index (χ1) is 9.46. The van der Waals surface area contributed by atoms with Crippen LogP contribution in [0.2, 0.25) is 0 Å². The van der Waals surface area contributed by atoms with E-state index in [1.807, 2.05) is 0 Å². The maximum atomic E-state index is 12.4. The zero-order chi connectivity index (χ0) is 14.8. The van der Waals surface area contributed by atoms with E-state index in [2.05, 4.69) is 19.2 Å². The summed E-state index contributed by atoms with van der Waals surface area (Å²) in [6, 6.07) is 5.59. The van der Waals surface area contributed by atoms with Crippen LogP contribution in [0, 0.1) is 5.41 Å². The van der Waals surface area contributed by atoms with Crippen LogP contribution in [0.4, 0.5) is 0 Å². The number of nitrogens with one attached hydrogen (secondary N) is 1. The Kier molecular flexibility index (Phi) is 4.21. The Morgan fingerprint density at radius 1 is 1.30 bits per heavy atom. The summed E-state index contributed by atoms with van der Waals surface area (Å²) in [7, 11) is 3.12. The number of methoxy groups -OCH3 is 2. The maximum absolute atomic E-state index is 12.4. The average molecular weight is 277 g/mol. The van der Waals surface area contributed by atoms with Crippen molar-refractivity contribution in [2.24, 2.45) is 5.41 Å². The summed E-state index contributed by atoms with van der Waals surface area (Å²) in [5, 5.41) is 3.10. The summed E-state index contributed by atoms with van der Waals surface area (Å²) in [4.78, 5) is 12.4. The van der Waals surface area contributed by atoms with Crippen molar-refractivity contribution in [1.82, 2.24) is 5.32 Å². The minimum atomic E-state index is -0.0940. The molecular formula is C16H23NO3. The molecule has 110 valence electrons. The molecule has 4 heteroatoms. The van der Waals surface area contributed by atoms with Crippen LogP contribution in [0.25, 0.3) is 0 Å². The molecule has 1 N–H and O–H groups in total. The van der Waals surface area contributed by atoms with Crippen LogP contribution in [-0.4, -0.2) is 26.2 Å². The van der Waals surface area contributed by atoms with Crippen LogP contribution in [0.3, 0.4) is 0 Å². The first-order valence-electron chi connectivity index (χ1n) is 6.99. The zero-order valence-corrected chi connectivity index (χ0v) is 12.7. The number of amides is 1. The van der Waals surface area contributed by atoms with Gasteiger partial charge in [0.15, 0.2) is 11.5 Å². The molecule has 20 heavy (non-hydrogen) atoms. The van der Waals surface area contributed by atoms with Crippen LogP contribution in [-0.2, 0) is 0 Å².